The molecule has 4 nitrogen and oxygen atoms in total. The minimum Gasteiger partial charge on any atom is -0.484 e. The summed E-state index contributed by atoms with van der Waals surface area (Å²) in [7, 11) is 0. The lowest BCUT2D eigenvalue weighted by atomic mass is 10.3. The fraction of sp³-hybridized carbons (Fsp3) is 0.0769. The van der Waals surface area contributed by atoms with E-state index >= 15 is 0 Å². The fourth-order valence-corrected chi connectivity index (χ4v) is 3.31. The maximum Gasteiger partial charge on any atom is 0.169 e. The van der Waals surface area contributed by atoms with Gasteiger partial charge in [-0.1, -0.05) is 11.6 Å². The Morgan fingerprint density at radius 3 is 2.95 bits per heavy atom. The highest BCUT2D eigenvalue weighted by molar-refractivity contribution is 9.10. The molecule has 2 N–H and O–H groups in total. The lowest BCUT2D eigenvalue weighted by Crippen LogP contribution is -2.04. The number of thiophene rings is 1. The summed E-state index contributed by atoms with van der Waals surface area (Å²) in [6.45, 7) is 0.248. The predicted molar refractivity (Wildman–Crippen MR) is 85.3 cm³/mol. The maximum absolute atomic E-state index is 5.89. The number of halogens is 2. The van der Waals surface area contributed by atoms with Crippen LogP contribution in [0.4, 0.5) is 5.82 Å². The van der Waals surface area contributed by atoms with Gasteiger partial charge in [-0.15, -0.1) is 11.3 Å². The number of aromatic nitrogens is 2. The second-order valence-corrected chi connectivity index (χ2v) is 6.21. The van der Waals surface area contributed by atoms with Crippen LogP contribution >= 0.6 is 38.9 Å². The van der Waals surface area contributed by atoms with Crippen LogP contribution in [0, 0.1) is 0 Å². The van der Waals surface area contributed by atoms with Gasteiger partial charge >= 0.3 is 0 Å². The van der Waals surface area contributed by atoms with Crippen LogP contribution in [-0.2, 0) is 6.61 Å². The Hall–Kier alpha value is -1.37. The summed E-state index contributed by atoms with van der Waals surface area (Å²) < 4.78 is 6.46. The number of ether oxygens (including phenoxy) is 1. The largest absolute Gasteiger partial charge is 0.484 e. The molecule has 20 heavy (non-hydrogen) atoms. The molecule has 2 aromatic heterocycles. The average Bonchev–Trinajstić information content (AvgIpc) is 2.86. The molecule has 0 aliphatic heterocycles. The molecule has 0 saturated carbocycles. The third kappa shape index (κ3) is 2.72. The van der Waals surface area contributed by atoms with Crippen LogP contribution in [0.1, 0.15) is 5.82 Å². The molecule has 102 valence electrons. The Kier molecular flexibility index (Phi) is 3.78. The lowest BCUT2D eigenvalue weighted by Gasteiger charge is -2.08. The zero-order valence-electron chi connectivity index (χ0n) is 10.1. The SMILES string of the molecule is Nc1nc(COc2ccc(Cl)cc2Br)nc2sccc12. The van der Waals surface area contributed by atoms with Crippen LogP contribution in [0.2, 0.25) is 5.02 Å². The van der Waals surface area contributed by atoms with E-state index in [1.54, 1.807) is 18.2 Å². The summed E-state index contributed by atoms with van der Waals surface area (Å²) in [6, 6.07) is 7.24. The van der Waals surface area contributed by atoms with Crippen LogP contribution in [0.15, 0.2) is 34.1 Å². The number of fused-ring (bicyclic) bond motifs is 1. The number of nitrogens with two attached hydrogens (primary N) is 1. The molecule has 3 aromatic rings. The van der Waals surface area contributed by atoms with Gasteiger partial charge in [0.2, 0.25) is 0 Å². The predicted octanol–water partition coefficient (Wildman–Crippen LogP) is 4.27. The van der Waals surface area contributed by atoms with Gasteiger partial charge in [0.15, 0.2) is 5.82 Å². The highest BCUT2D eigenvalue weighted by Crippen LogP contribution is 2.29. The van der Waals surface area contributed by atoms with Crippen molar-refractivity contribution in [3.05, 3.63) is 45.0 Å². The average molecular weight is 371 g/mol. The molecule has 0 amide bonds. The maximum atomic E-state index is 5.89. The van der Waals surface area contributed by atoms with Crippen molar-refractivity contribution in [2.75, 3.05) is 5.73 Å². The van der Waals surface area contributed by atoms with Gasteiger partial charge in [-0.25, -0.2) is 9.97 Å². The van der Waals surface area contributed by atoms with Gasteiger partial charge in [0.25, 0.3) is 0 Å². The molecule has 0 saturated heterocycles. The molecule has 0 aliphatic carbocycles. The Morgan fingerprint density at radius 2 is 2.15 bits per heavy atom. The first-order valence-electron chi connectivity index (χ1n) is 5.71. The summed E-state index contributed by atoms with van der Waals surface area (Å²) in [5, 5.41) is 3.46. The number of anilines is 1. The Bertz CT molecular complexity index is 777. The van der Waals surface area contributed by atoms with Gasteiger partial charge in [0.1, 0.15) is 23.0 Å². The number of nitrogen functional groups attached to an aromatic ring is 1. The van der Waals surface area contributed by atoms with Gasteiger partial charge in [0.05, 0.1) is 9.86 Å². The molecule has 0 radical (unpaired) electrons. The van der Waals surface area contributed by atoms with Crippen molar-refractivity contribution in [3.8, 4) is 5.75 Å². The van der Waals surface area contributed by atoms with E-state index in [1.165, 1.54) is 11.3 Å². The highest BCUT2D eigenvalue weighted by atomic mass is 79.9. The standard InChI is InChI=1S/C13H9BrClN3OS/c14-9-5-7(15)1-2-10(9)19-6-11-17-12(16)8-3-4-20-13(8)18-11/h1-5H,6H2,(H2,16,17,18). The van der Waals surface area contributed by atoms with Crippen molar-refractivity contribution in [3.63, 3.8) is 0 Å². The smallest absolute Gasteiger partial charge is 0.169 e. The molecule has 0 unspecified atom stereocenters. The summed E-state index contributed by atoms with van der Waals surface area (Å²) in [5.41, 5.74) is 5.89. The third-order valence-electron chi connectivity index (χ3n) is 2.65. The number of nitrogens with zero attached hydrogens (tertiary/aromatic N) is 2. The van der Waals surface area contributed by atoms with Crippen molar-refractivity contribution in [1.29, 1.82) is 0 Å². The normalized spacial score (nSPS) is 10.9. The second-order valence-electron chi connectivity index (χ2n) is 4.03. The molecule has 0 spiro atoms. The number of rotatable bonds is 3. The first-order chi connectivity index (χ1) is 9.63. The number of benzene rings is 1. The highest BCUT2D eigenvalue weighted by Gasteiger charge is 2.08. The molecular formula is C13H9BrClN3OS. The van der Waals surface area contributed by atoms with E-state index in [9.17, 15) is 0 Å². The second kappa shape index (κ2) is 5.55. The molecule has 7 heteroatoms. The van der Waals surface area contributed by atoms with Crippen LogP contribution < -0.4 is 10.5 Å². The van der Waals surface area contributed by atoms with E-state index in [0.29, 0.717) is 22.4 Å². The summed E-state index contributed by atoms with van der Waals surface area (Å²) in [4.78, 5) is 9.53. The molecule has 0 aliphatic rings. The molecule has 3 rings (SSSR count). The number of hydrogen-bond acceptors (Lipinski definition) is 5. The van der Waals surface area contributed by atoms with E-state index in [4.69, 9.17) is 22.1 Å². The van der Waals surface area contributed by atoms with E-state index < -0.39 is 0 Å². The molecule has 1 aromatic carbocycles. The summed E-state index contributed by atoms with van der Waals surface area (Å²) in [5.74, 6) is 1.71. The van der Waals surface area contributed by atoms with E-state index in [1.807, 2.05) is 11.4 Å². The molecule has 0 atom stereocenters. The van der Waals surface area contributed by atoms with Crippen molar-refractivity contribution >= 4 is 54.9 Å². The summed E-state index contributed by atoms with van der Waals surface area (Å²) >= 11 is 10.8. The monoisotopic (exact) mass is 369 g/mol. The molecule has 0 fully saturated rings. The Morgan fingerprint density at radius 1 is 1.30 bits per heavy atom. The minimum atomic E-state index is 0.248. The van der Waals surface area contributed by atoms with Gasteiger partial charge in [-0.2, -0.15) is 0 Å². The Labute approximate surface area is 132 Å². The Balaban J connectivity index is 1.82. The topological polar surface area (TPSA) is 61.0 Å². The van der Waals surface area contributed by atoms with Crippen molar-refractivity contribution in [2.24, 2.45) is 0 Å². The quantitative estimate of drug-likeness (QED) is 0.748. The zero-order chi connectivity index (χ0) is 14.1. The lowest BCUT2D eigenvalue weighted by molar-refractivity contribution is 0.295. The first-order valence-corrected chi connectivity index (χ1v) is 7.76. The fourth-order valence-electron chi connectivity index (χ4n) is 1.72. The number of hydrogen-bond donors (Lipinski definition) is 1. The van der Waals surface area contributed by atoms with E-state index in [-0.39, 0.29) is 6.61 Å². The van der Waals surface area contributed by atoms with Crippen LogP contribution in [-0.4, -0.2) is 9.97 Å². The molecular weight excluding hydrogens is 362 g/mol. The van der Waals surface area contributed by atoms with Crippen LogP contribution in [0.25, 0.3) is 10.2 Å². The van der Waals surface area contributed by atoms with Crippen molar-refractivity contribution in [2.45, 2.75) is 6.61 Å². The molecule has 2 heterocycles. The third-order valence-corrected chi connectivity index (χ3v) is 4.31. The van der Waals surface area contributed by atoms with Gasteiger partial charge in [0, 0.05) is 5.02 Å². The van der Waals surface area contributed by atoms with Crippen molar-refractivity contribution < 1.29 is 4.74 Å². The van der Waals surface area contributed by atoms with Gasteiger partial charge < -0.3 is 10.5 Å². The van der Waals surface area contributed by atoms with Crippen LogP contribution in [0.5, 0.6) is 5.75 Å². The van der Waals surface area contributed by atoms with E-state index in [0.717, 1.165) is 14.7 Å². The van der Waals surface area contributed by atoms with Crippen molar-refractivity contribution in [1.82, 2.24) is 9.97 Å². The van der Waals surface area contributed by atoms with Gasteiger partial charge in [-0.3, -0.25) is 0 Å². The van der Waals surface area contributed by atoms with Crippen LogP contribution in [0.3, 0.4) is 0 Å². The summed E-state index contributed by atoms with van der Waals surface area (Å²) in [6.07, 6.45) is 0. The zero-order valence-corrected chi connectivity index (χ0v) is 13.3. The minimum absolute atomic E-state index is 0.248. The van der Waals surface area contributed by atoms with Gasteiger partial charge in [-0.05, 0) is 45.6 Å². The first kappa shape index (κ1) is 13.6. The molecule has 0 bridgehead atoms. The van der Waals surface area contributed by atoms with E-state index in [2.05, 4.69) is 25.9 Å².